The predicted octanol–water partition coefficient (Wildman–Crippen LogP) is 3.30. The van der Waals surface area contributed by atoms with E-state index in [0.29, 0.717) is 18.5 Å². The number of benzene rings is 1. The maximum atomic E-state index is 12.7. The van der Waals surface area contributed by atoms with E-state index in [1.165, 1.54) is 0 Å². The Morgan fingerprint density at radius 2 is 1.69 bits per heavy atom. The van der Waals surface area contributed by atoms with Crippen LogP contribution in [0.1, 0.15) is 69.3 Å². The zero-order chi connectivity index (χ0) is 20.7. The van der Waals surface area contributed by atoms with Gasteiger partial charge in [0.2, 0.25) is 11.8 Å². The van der Waals surface area contributed by atoms with E-state index in [1.54, 1.807) is 4.90 Å². The number of imide groups is 1. The van der Waals surface area contributed by atoms with Gasteiger partial charge in [-0.1, -0.05) is 27.7 Å². The molecule has 3 aliphatic rings. The molecule has 1 aromatic rings. The van der Waals surface area contributed by atoms with E-state index in [-0.39, 0.29) is 56.9 Å². The van der Waals surface area contributed by atoms with Gasteiger partial charge in [-0.25, -0.2) is 0 Å². The molecule has 3 aliphatic heterocycles. The Morgan fingerprint density at radius 3 is 2.31 bits per heavy atom. The molecule has 0 aromatic heterocycles. The topological polar surface area (TPSA) is 69.7 Å². The van der Waals surface area contributed by atoms with Gasteiger partial charge < -0.3 is 16.2 Å². The fourth-order valence-electron chi connectivity index (χ4n) is 3.77. The molecule has 1 unspecified atom stereocenters. The Labute approximate surface area is 199 Å². The summed E-state index contributed by atoms with van der Waals surface area (Å²) >= 11 is 0. The zero-order valence-corrected chi connectivity index (χ0v) is 20.9. The number of anilines is 1. The van der Waals surface area contributed by atoms with Gasteiger partial charge in [-0.05, 0) is 43.3 Å². The molecule has 3 amide bonds. The van der Waals surface area contributed by atoms with Crippen molar-refractivity contribution in [3.8, 4) is 0 Å². The predicted molar refractivity (Wildman–Crippen MR) is 111 cm³/mol. The molecular formula is C22H32N3O3Y-. The van der Waals surface area contributed by atoms with Crippen LogP contribution in [0.4, 0.5) is 5.69 Å². The van der Waals surface area contributed by atoms with Gasteiger partial charge in [0.05, 0.1) is 0 Å². The van der Waals surface area contributed by atoms with E-state index < -0.39 is 6.04 Å². The van der Waals surface area contributed by atoms with Crippen LogP contribution in [-0.2, 0) is 48.8 Å². The van der Waals surface area contributed by atoms with Crippen molar-refractivity contribution in [2.75, 3.05) is 18.0 Å². The smallest absolute Gasteiger partial charge is 0.255 e. The first-order valence-corrected chi connectivity index (χ1v) is 10.5. The largest absolute Gasteiger partial charge is 0.377 e. The van der Waals surface area contributed by atoms with Crippen molar-refractivity contribution in [1.82, 2.24) is 10.2 Å². The molecule has 2 fully saturated rings. The van der Waals surface area contributed by atoms with Gasteiger partial charge in [-0.3, -0.25) is 19.7 Å². The fraction of sp³-hybridized carbons (Fsp3) is 0.545. The second kappa shape index (κ2) is 12.4. The molecule has 2 saturated heterocycles. The first-order chi connectivity index (χ1) is 13.6. The Balaban J connectivity index is 0.000000794. The van der Waals surface area contributed by atoms with Crippen LogP contribution in [0.25, 0.3) is 0 Å². The monoisotopic (exact) mass is 475 g/mol. The molecule has 0 saturated carbocycles. The van der Waals surface area contributed by atoms with Crippen LogP contribution in [0.5, 0.6) is 0 Å². The summed E-state index contributed by atoms with van der Waals surface area (Å²) in [4.78, 5) is 40.0. The van der Waals surface area contributed by atoms with Crippen molar-refractivity contribution in [1.29, 1.82) is 0 Å². The van der Waals surface area contributed by atoms with Crippen LogP contribution in [-0.4, -0.2) is 41.8 Å². The molecule has 157 valence electrons. The number of amides is 3. The summed E-state index contributed by atoms with van der Waals surface area (Å²) in [6, 6.07) is 5.40. The van der Waals surface area contributed by atoms with Crippen LogP contribution in [0.3, 0.4) is 0 Å². The molecule has 3 heterocycles. The van der Waals surface area contributed by atoms with E-state index in [1.807, 2.05) is 39.8 Å². The minimum atomic E-state index is -0.546. The first-order valence-electron chi connectivity index (χ1n) is 10.5. The van der Waals surface area contributed by atoms with Crippen molar-refractivity contribution in [3.05, 3.63) is 35.7 Å². The third kappa shape index (κ3) is 5.88. The van der Waals surface area contributed by atoms with Crippen molar-refractivity contribution in [3.63, 3.8) is 0 Å². The Kier molecular flexibility index (Phi) is 11.0. The average Bonchev–Trinajstić information content (AvgIpc) is 3.07. The van der Waals surface area contributed by atoms with Gasteiger partial charge >= 0.3 is 0 Å². The van der Waals surface area contributed by atoms with Crippen molar-refractivity contribution < 1.29 is 47.1 Å². The Hall–Kier alpha value is -1.27. The van der Waals surface area contributed by atoms with E-state index >= 15 is 0 Å². The van der Waals surface area contributed by atoms with Crippen molar-refractivity contribution >= 4 is 23.4 Å². The molecule has 4 rings (SSSR count). The van der Waals surface area contributed by atoms with Crippen LogP contribution in [0.15, 0.2) is 18.2 Å². The number of fused-ring (bicyclic) bond motifs is 1. The number of hydrogen-bond donors (Lipinski definition) is 1. The van der Waals surface area contributed by atoms with Crippen LogP contribution in [0, 0.1) is 6.42 Å². The van der Waals surface area contributed by atoms with E-state index in [4.69, 9.17) is 0 Å². The number of nitrogens with zero attached hydrogens (tertiary/aromatic N) is 2. The van der Waals surface area contributed by atoms with Gasteiger partial charge in [0, 0.05) is 56.9 Å². The number of carbonyl (C=O) groups is 3. The normalized spacial score (nSPS) is 20.4. The Bertz CT molecular complexity index is 717. The third-order valence-corrected chi connectivity index (χ3v) is 5.08. The maximum absolute atomic E-state index is 12.7. The van der Waals surface area contributed by atoms with Crippen LogP contribution in [0.2, 0.25) is 0 Å². The quantitative estimate of drug-likeness (QED) is 0.527. The summed E-state index contributed by atoms with van der Waals surface area (Å²) in [6.07, 6.45) is 5.15. The van der Waals surface area contributed by atoms with Crippen LogP contribution < -0.4 is 10.2 Å². The summed E-state index contributed by atoms with van der Waals surface area (Å²) in [7, 11) is 0. The fourth-order valence-corrected chi connectivity index (χ4v) is 3.77. The maximum Gasteiger partial charge on any atom is 0.255 e. The summed E-state index contributed by atoms with van der Waals surface area (Å²) in [6.45, 7) is 10.4. The molecule has 1 atom stereocenters. The third-order valence-electron chi connectivity index (χ3n) is 5.08. The molecule has 1 radical (unpaired) electrons. The Morgan fingerprint density at radius 1 is 1.03 bits per heavy atom. The SMILES string of the molecule is CC.CC.O=C1CCC(N2Cc3cc(N4CC[CH-]CC4)ccc3C2=O)C(=O)N1.[Y]. The molecule has 0 aliphatic carbocycles. The average molecular weight is 475 g/mol. The van der Waals surface area contributed by atoms with Gasteiger partial charge in [-0.15, -0.1) is 0 Å². The minimum absolute atomic E-state index is 0. The molecular weight excluding hydrogens is 443 g/mol. The molecule has 1 N–H and O–H groups in total. The molecule has 6 nitrogen and oxygen atoms in total. The van der Waals surface area contributed by atoms with Gasteiger partial charge in [0.25, 0.3) is 5.91 Å². The van der Waals surface area contributed by atoms with Crippen molar-refractivity contribution in [2.45, 2.75) is 66.0 Å². The van der Waals surface area contributed by atoms with E-state index in [2.05, 4.69) is 22.7 Å². The van der Waals surface area contributed by atoms with Gasteiger partial charge in [0.15, 0.2) is 0 Å². The summed E-state index contributed by atoms with van der Waals surface area (Å²) in [5, 5.41) is 2.33. The van der Waals surface area contributed by atoms with E-state index in [0.717, 1.165) is 37.2 Å². The second-order valence-corrected chi connectivity index (χ2v) is 6.59. The molecule has 1 aromatic carbocycles. The van der Waals surface area contributed by atoms with Crippen LogP contribution >= 0.6 is 0 Å². The minimum Gasteiger partial charge on any atom is -0.377 e. The van der Waals surface area contributed by atoms with Gasteiger partial charge in [0.1, 0.15) is 6.04 Å². The number of rotatable bonds is 2. The molecule has 0 spiro atoms. The molecule has 7 heteroatoms. The van der Waals surface area contributed by atoms with Crippen molar-refractivity contribution in [2.24, 2.45) is 0 Å². The molecule has 0 bridgehead atoms. The van der Waals surface area contributed by atoms with E-state index in [9.17, 15) is 14.4 Å². The number of hydrogen-bond acceptors (Lipinski definition) is 4. The number of nitrogens with one attached hydrogen (secondary N) is 1. The first kappa shape index (κ1) is 25.8. The molecule has 29 heavy (non-hydrogen) atoms. The summed E-state index contributed by atoms with van der Waals surface area (Å²) in [5.74, 6) is -0.734. The summed E-state index contributed by atoms with van der Waals surface area (Å²) in [5.41, 5.74) is 2.78. The number of carbonyl (C=O) groups excluding carboxylic acids is 3. The zero-order valence-electron chi connectivity index (χ0n) is 18.0. The summed E-state index contributed by atoms with van der Waals surface area (Å²) < 4.78 is 0. The van der Waals surface area contributed by atoms with Gasteiger partial charge in [-0.2, -0.15) is 12.8 Å². The standard InChI is InChI=1S/C18H20N3O3.2C2H6.Y/c22-16-7-6-15(17(23)19-16)21-11-12-10-13(4-5-14(12)18(21)24)20-8-2-1-3-9-20;2*1-2;/h1,4-5,10,15H,2-3,6-9,11H2,(H,19,22,23);2*1-2H3;/q-1;;;. The number of piperidine rings is 2. The second-order valence-electron chi connectivity index (χ2n) is 6.59.